The van der Waals surface area contributed by atoms with Crippen LogP contribution < -0.4 is 14.8 Å². The van der Waals surface area contributed by atoms with Crippen molar-refractivity contribution in [1.29, 1.82) is 0 Å². The molecule has 0 aromatic carbocycles. The van der Waals surface area contributed by atoms with Gasteiger partial charge in [0.15, 0.2) is 5.82 Å². The predicted molar refractivity (Wildman–Crippen MR) is 153 cm³/mol. The number of hydrogen-bond acceptors (Lipinski definition) is 8. The van der Waals surface area contributed by atoms with Gasteiger partial charge in [0.05, 0.1) is 22.9 Å². The van der Waals surface area contributed by atoms with E-state index in [2.05, 4.69) is 34.3 Å². The average Bonchev–Trinajstić information content (AvgIpc) is 3.62. The van der Waals surface area contributed by atoms with Gasteiger partial charge in [0.25, 0.3) is 22.3 Å². The number of pyridine rings is 1. The summed E-state index contributed by atoms with van der Waals surface area (Å²) in [6.45, 7) is 9.51. The first kappa shape index (κ1) is 32.7. The molecule has 2 atom stereocenters. The summed E-state index contributed by atoms with van der Waals surface area (Å²) in [5.74, 6) is -0.652. The van der Waals surface area contributed by atoms with Gasteiger partial charge in [-0.25, -0.2) is 36.0 Å². The molecule has 1 amide bonds. The number of nitrogens with zero attached hydrogens (tertiary/aromatic N) is 5. The number of aromatic nitrogens is 5. The third kappa shape index (κ3) is 7.50. The van der Waals surface area contributed by atoms with E-state index in [-0.39, 0.29) is 32.8 Å². The van der Waals surface area contributed by atoms with Crippen molar-refractivity contribution >= 4 is 27.5 Å². The SMILES string of the molecule is Cc1c(S(=O)(=O)NC(=O)c2ccc(-n3ccc(OC(F)C(C)(C)C(F)F)n3)nc2Cl)cnn1CCCC1CNC(C)(C)C1. The van der Waals surface area contributed by atoms with Gasteiger partial charge in [-0.3, -0.25) is 9.48 Å². The molecule has 1 fully saturated rings. The van der Waals surface area contributed by atoms with Gasteiger partial charge in [0.1, 0.15) is 10.0 Å². The Hall–Kier alpha value is -3.17. The maximum absolute atomic E-state index is 14.3. The van der Waals surface area contributed by atoms with Crippen LogP contribution in [0.15, 0.2) is 35.5 Å². The first-order chi connectivity index (χ1) is 20.0. The van der Waals surface area contributed by atoms with Gasteiger partial charge in [-0.1, -0.05) is 11.6 Å². The van der Waals surface area contributed by atoms with Crippen molar-refractivity contribution in [3.05, 3.63) is 47.0 Å². The van der Waals surface area contributed by atoms with Gasteiger partial charge in [-0.2, -0.15) is 5.10 Å². The molecular weight excluding hydrogens is 611 g/mol. The molecule has 11 nitrogen and oxygen atoms in total. The Kier molecular flexibility index (Phi) is 9.47. The number of rotatable bonds is 12. The van der Waals surface area contributed by atoms with E-state index in [1.807, 2.05) is 4.72 Å². The molecule has 2 unspecified atom stereocenters. The molecule has 0 radical (unpaired) electrons. The molecule has 236 valence electrons. The van der Waals surface area contributed by atoms with Crippen LogP contribution in [0.1, 0.15) is 63.0 Å². The van der Waals surface area contributed by atoms with E-state index in [1.54, 1.807) is 11.6 Å². The zero-order valence-corrected chi connectivity index (χ0v) is 26.0. The lowest BCUT2D eigenvalue weighted by Crippen LogP contribution is -2.37. The van der Waals surface area contributed by atoms with Gasteiger partial charge < -0.3 is 10.1 Å². The van der Waals surface area contributed by atoms with Gasteiger partial charge in [-0.15, -0.1) is 5.10 Å². The molecule has 3 aromatic heterocycles. The van der Waals surface area contributed by atoms with E-state index >= 15 is 0 Å². The molecule has 0 spiro atoms. The summed E-state index contributed by atoms with van der Waals surface area (Å²) in [5, 5.41) is 11.3. The van der Waals surface area contributed by atoms with Crippen molar-refractivity contribution in [3.63, 3.8) is 0 Å². The minimum Gasteiger partial charge on any atom is -0.441 e. The molecule has 1 aliphatic rings. The average molecular weight is 646 g/mol. The number of ether oxygens (including phenoxy) is 1. The third-order valence-corrected chi connectivity index (χ3v) is 9.20. The van der Waals surface area contributed by atoms with Crippen LogP contribution in [0.4, 0.5) is 13.2 Å². The second-order valence-electron chi connectivity index (χ2n) is 11.9. The molecule has 16 heteroatoms. The number of carbonyl (C=O) groups excluding carboxylic acids is 1. The van der Waals surface area contributed by atoms with Crippen molar-refractivity contribution < 1.29 is 31.1 Å². The maximum atomic E-state index is 14.3. The summed E-state index contributed by atoms with van der Waals surface area (Å²) >= 11 is 6.20. The van der Waals surface area contributed by atoms with E-state index in [9.17, 15) is 26.4 Å². The number of sulfonamides is 1. The normalized spacial score (nSPS) is 17.8. The lowest BCUT2D eigenvalue weighted by Gasteiger charge is -2.26. The number of nitrogens with one attached hydrogen (secondary N) is 2. The van der Waals surface area contributed by atoms with Crippen molar-refractivity contribution in [2.45, 2.75) is 83.6 Å². The molecule has 1 aliphatic heterocycles. The predicted octanol–water partition coefficient (Wildman–Crippen LogP) is 4.68. The summed E-state index contributed by atoms with van der Waals surface area (Å²) in [6.07, 6.45) is 0.117. The highest BCUT2D eigenvalue weighted by Gasteiger charge is 2.41. The van der Waals surface area contributed by atoms with E-state index in [1.165, 1.54) is 30.6 Å². The van der Waals surface area contributed by atoms with Gasteiger partial charge in [0, 0.05) is 24.3 Å². The molecule has 43 heavy (non-hydrogen) atoms. The monoisotopic (exact) mass is 645 g/mol. The molecule has 4 heterocycles. The Balaban J connectivity index is 1.39. The van der Waals surface area contributed by atoms with E-state index in [0.29, 0.717) is 18.2 Å². The quantitative estimate of drug-likeness (QED) is 0.272. The Bertz CT molecular complexity index is 1580. The highest BCUT2D eigenvalue weighted by Crippen LogP contribution is 2.32. The molecule has 4 rings (SSSR count). The van der Waals surface area contributed by atoms with E-state index in [0.717, 1.165) is 44.3 Å². The van der Waals surface area contributed by atoms with E-state index in [4.69, 9.17) is 16.3 Å². The molecule has 1 saturated heterocycles. The van der Waals surface area contributed by atoms with Crippen LogP contribution >= 0.6 is 11.6 Å². The zero-order valence-electron chi connectivity index (χ0n) is 24.4. The van der Waals surface area contributed by atoms with Crippen LogP contribution in [-0.4, -0.2) is 63.7 Å². The minimum absolute atomic E-state index is 0.0804. The number of hydrogen-bond donors (Lipinski definition) is 2. The number of alkyl halides is 3. The lowest BCUT2D eigenvalue weighted by atomic mass is 9.94. The smallest absolute Gasteiger partial charge is 0.268 e. The van der Waals surface area contributed by atoms with E-state index < -0.39 is 34.1 Å². The fourth-order valence-corrected chi connectivity index (χ4v) is 6.13. The summed E-state index contributed by atoms with van der Waals surface area (Å²) < 4.78 is 76.2. The number of carbonyl (C=O) groups is 1. The molecule has 0 aliphatic carbocycles. The molecule has 2 N–H and O–H groups in total. The molecular formula is C27H35ClF3N7O4S. The Morgan fingerprint density at radius 1 is 1.28 bits per heavy atom. The van der Waals surface area contributed by atoms with Crippen LogP contribution in [0, 0.1) is 18.3 Å². The molecule has 3 aromatic rings. The van der Waals surface area contributed by atoms with Crippen molar-refractivity contribution in [3.8, 4) is 11.7 Å². The van der Waals surface area contributed by atoms with Crippen molar-refractivity contribution in [2.75, 3.05) is 6.54 Å². The Morgan fingerprint density at radius 3 is 2.63 bits per heavy atom. The molecule has 0 saturated carbocycles. The van der Waals surface area contributed by atoms with Gasteiger partial charge in [-0.05, 0) is 78.5 Å². The molecule has 0 bridgehead atoms. The maximum Gasteiger partial charge on any atom is 0.268 e. The van der Waals surface area contributed by atoms with Crippen LogP contribution in [0.25, 0.3) is 5.82 Å². The highest BCUT2D eigenvalue weighted by molar-refractivity contribution is 7.90. The van der Waals surface area contributed by atoms with Gasteiger partial charge >= 0.3 is 0 Å². The first-order valence-corrected chi connectivity index (χ1v) is 15.5. The Morgan fingerprint density at radius 2 is 2.00 bits per heavy atom. The summed E-state index contributed by atoms with van der Waals surface area (Å²) in [4.78, 5) is 16.8. The van der Waals surface area contributed by atoms with Crippen LogP contribution in [0.5, 0.6) is 5.88 Å². The standard InChI is InChI=1S/C27H35ClF3N7O4S/c1-16-19(15-33-37(16)11-6-7-17-13-26(2,3)32-14-17)43(40,41)36-23(39)18-8-9-20(34-22(18)28)38-12-10-21(35-38)42-25(31)27(4,5)24(29)30/h8-10,12,15,17,24-25,32H,6-7,11,13-14H2,1-5H3,(H,36,39). The van der Waals surface area contributed by atoms with Gasteiger partial charge in [0.2, 0.25) is 12.3 Å². The second-order valence-corrected chi connectivity index (χ2v) is 13.9. The number of amides is 1. The van der Waals surface area contributed by atoms with Crippen molar-refractivity contribution in [1.82, 2.24) is 34.6 Å². The highest BCUT2D eigenvalue weighted by atomic mass is 35.5. The number of halogens is 4. The summed E-state index contributed by atoms with van der Waals surface area (Å²) in [7, 11) is -4.28. The summed E-state index contributed by atoms with van der Waals surface area (Å²) in [5.41, 5.74) is -1.77. The zero-order chi connectivity index (χ0) is 31.7. The van der Waals surface area contributed by atoms with Crippen LogP contribution in [0.3, 0.4) is 0 Å². The minimum atomic E-state index is -4.28. The topological polar surface area (TPSA) is 133 Å². The second kappa shape index (κ2) is 12.4. The Labute approximate surface area is 253 Å². The fraction of sp³-hybridized carbons (Fsp3) is 0.556. The van der Waals surface area contributed by atoms with Crippen LogP contribution in [0.2, 0.25) is 5.15 Å². The lowest BCUT2D eigenvalue weighted by molar-refractivity contribution is -0.115. The number of aryl methyl sites for hydroxylation is 1. The third-order valence-electron chi connectivity index (χ3n) is 7.47. The first-order valence-electron chi connectivity index (χ1n) is 13.7. The van der Waals surface area contributed by atoms with Crippen molar-refractivity contribution in [2.24, 2.45) is 11.3 Å². The largest absolute Gasteiger partial charge is 0.441 e. The summed E-state index contributed by atoms with van der Waals surface area (Å²) in [6, 6.07) is 3.81. The fourth-order valence-electron chi connectivity index (χ4n) is 4.75. The van der Waals surface area contributed by atoms with Crippen LogP contribution in [-0.2, 0) is 16.6 Å².